The molecule has 1 heterocycles. The number of ether oxygens (including phenoxy) is 1. The lowest BCUT2D eigenvalue weighted by atomic mass is 9.85. The molecule has 0 aromatic heterocycles. The number of hydrogen-bond acceptors (Lipinski definition) is 3. The Morgan fingerprint density at radius 3 is 2.83 bits per heavy atom. The van der Waals surface area contributed by atoms with Gasteiger partial charge < -0.3 is 9.84 Å². The van der Waals surface area contributed by atoms with E-state index in [1.165, 1.54) is 17.7 Å². The average molecular weight is 402 g/mol. The Bertz CT molecular complexity index is 976. The monoisotopic (exact) mass is 402 g/mol. The maximum absolute atomic E-state index is 12.9. The van der Waals surface area contributed by atoms with E-state index in [2.05, 4.69) is 0 Å². The predicted molar refractivity (Wildman–Crippen MR) is 103 cm³/mol. The molecule has 0 saturated heterocycles. The number of halogens is 3. The van der Waals surface area contributed by atoms with Gasteiger partial charge in [-0.1, -0.05) is 24.3 Å². The third kappa shape index (κ3) is 4.22. The number of aliphatic hydroxyl groups excluding tert-OH is 1. The van der Waals surface area contributed by atoms with Gasteiger partial charge >= 0.3 is 6.18 Å². The number of aliphatic hydroxyl groups is 1. The van der Waals surface area contributed by atoms with E-state index in [9.17, 15) is 23.1 Å². The average Bonchev–Trinajstić information content (AvgIpc) is 2.67. The summed E-state index contributed by atoms with van der Waals surface area (Å²) in [6.45, 7) is 0.236. The van der Waals surface area contributed by atoms with E-state index >= 15 is 0 Å². The van der Waals surface area contributed by atoms with Crippen LogP contribution in [0.2, 0.25) is 0 Å². The molecule has 152 valence electrons. The van der Waals surface area contributed by atoms with Crippen LogP contribution in [-0.4, -0.2) is 23.6 Å². The summed E-state index contributed by atoms with van der Waals surface area (Å²) in [6.07, 6.45) is -0.558. The molecule has 0 spiro atoms. The molecule has 2 aromatic carbocycles. The van der Waals surface area contributed by atoms with Crippen molar-refractivity contribution in [2.75, 3.05) is 6.61 Å². The minimum atomic E-state index is -4.44. The lowest BCUT2D eigenvalue weighted by Gasteiger charge is -2.23. The third-order valence-corrected chi connectivity index (χ3v) is 5.54. The van der Waals surface area contributed by atoms with Gasteiger partial charge in [-0.25, -0.2) is 0 Å². The maximum atomic E-state index is 12.9. The highest BCUT2D eigenvalue weighted by atomic mass is 19.4. The zero-order valence-electron chi connectivity index (χ0n) is 15.8. The van der Waals surface area contributed by atoms with E-state index < -0.39 is 11.7 Å². The molecule has 2 aromatic rings. The predicted octanol–water partition coefficient (Wildman–Crippen LogP) is 4.53. The number of alkyl halides is 3. The highest BCUT2D eigenvalue weighted by Crippen LogP contribution is 2.38. The van der Waals surface area contributed by atoms with E-state index in [1.54, 1.807) is 0 Å². The van der Waals surface area contributed by atoms with Gasteiger partial charge in [-0.2, -0.15) is 13.2 Å². The van der Waals surface area contributed by atoms with Gasteiger partial charge in [0.25, 0.3) is 0 Å². The summed E-state index contributed by atoms with van der Waals surface area (Å²) in [7, 11) is 0. The Hall–Kier alpha value is -2.60. The van der Waals surface area contributed by atoms with Crippen LogP contribution in [-0.2, 0) is 30.2 Å². The second kappa shape index (κ2) is 7.67. The molecular formula is C23H21F3O3. The van der Waals surface area contributed by atoms with E-state index in [0.717, 1.165) is 36.1 Å². The molecule has 2 aliphatic rings. The van der Waals surface area contributed by atoms with Gasteiger partial charge in [-0.15, -0.1) is 0 Å². The van der Waals surface area contributed by atoms with Crippen LogP contribution in [0, 0.1) is 0 Å². The highest BCUT2D eigenvalue weighted by Gasteiger charge is 2.32. The summed E-state index contributed by atoms with van der Waals surface area (Å²) >= 11 is 0. The normalized spacial score (nSPS) is 20.0. The van der Waals surface area contributed by atoms with Crippen molar-refractivity contribution in [1.82, 2.24) is 0 Å². The molecular weight excluding hydrogens is 381 g/mol. The van der Waals surface area contributed by atoms with Gasteiger partial charge in [0.1, 0.15) is 5.75 Å². The molecule has 1 N–H and O–H groups in total. The molecule has 4 rings (SSSR count). The van der Waals surface area contributed by atoms with E-state index in [0.29, 0.717) is 24.0 Å². The molecule has 1 aliphatic heterocycles. The molecule has 0 radical (unpaired) electrons. The minimum absolute atomic E-state index is 0.110. The maximum Gasteiger partial charge on any atom is 0.416 e. The van der Waals surface area contributed by atoms with Gasteiger partial charge in [-0.3, -0.25) is 4.79 Å². The van der Waals surface area contributed by atoms with Gasteiger partial charge in [0, 0.05) is 18.4 Å². The summed E-state index contributed by atoms with van der Waals surface area (Å²) in [6, 6.07) is 9.23. The first-order valence-electron chi connectivity index (χ1n) is 9.67. The quantitative estimate of drug-likeness (QED) is 0.768. The molecule has 0 fully saturated rings. The summed E-state index contributed by atoms with van der Waals surface area (Å²) in [5, 5.41) is 9.97. The molecule has 0 amide bonds. The van der Waals surface area contributed by atoms with Crippen molar-refractivity contribution >= 4 is 11.4 Å². The van der Waals surface area contributed by atoms with Crippen LogP contribution in [0.3, 0.4) is 0 Å². The zero-order chi connectivity index (χ0) is 20.6. The fraction of sp³-hybridized carbons (Fsp3) is 0.348. The van der Waals surface area contributed by atoms with Crippen molar-refractivity contribution in [3.05, 3.63) is 70.3 Å². The smallest absolute Gasteiger partial charge is 0.416 e. The van der Waals surface area contributed by atoms with Crippen LogP contribution in [0.5, 0.6) is 5.75 Å². The second-order valence-electron chi connectivity index (χ2n) is 7.57. The highest BCUT2D eigenvalue weighted by molar-refractivity contribution is 5.99. The largest absolute Gasteiger partial charge is 0.493 e. The van der Waals surface area contributed by atoms with Crippen molar-refractivity contribution in [2.24, 2.45) is 0 Å². The Labute approximate surface area is 166 Å². The number of benzene rings is 2. The fourth-order valence-electron chi connectivity index (χ4n) is 4.08. The summed E-state index contributed by atoms with van der Waals surface area (Å²) in [5.74, 6) is 0.0477. The topological polar surface area (TPSA) is 46.5 Å². The number of allylic oxidation sites excluding steroid dienone is 1. The van der Waals surface area contributed by atoms with Crippen molar-refractivity contribution in [3.63, 3.8) is 0 Å². The second-order valence-corrected chi connectivity index (χ2v) is 7.57. The Morgan fingerprint density at radius 2 is 2.03 bits per heavy atom. The van der Waals surface area contributed by atoms with Crippen molar-refractivity contribution < 1.29 is 27.8 Å². The Kier molecular flexibility index (Phi) is 5.21. The first kappa shape index (κ1) is 19.7. The standard InChI is InChI=1S/C23H21F3O3/c24-23(25,26)17-5-7-20-16(8-9-29-22(20)12-17)11-19(28)10-15-3-1-2-14-4-6-18(27)13-21(14)15/h1-3,5,7,11-12,18,27H,4,6,8-10,13H2/b16-11+. The summed E-state index contributed by atoms with van der Waals surface area (Å²) in [5.41, 5.74) is 3.57. The molecule has 0 bridgehead atoms. The molecule has 1 unspecified atom stereocenters. The zero-order valence-corrected chi connectivity index (χ0v) is 15.8. The Balaban J connectivity index is 1.58. The molecule has 1 atom stereocenters. The Morgan fingerprint density at radius 1 is 1.21 bits per heavy atom. The fourth-order valence-corrected chi connectivity index (χ4v) is 4.08. The van der Waals surface area contributed by atoms with Gasteiger partial charge in [0.05, 0.1) is 18.3 Å². The van der Waals surface area contributed by atoms with Gasteiger partial charge in [-0.05, 0) is 59.7 Å². The molecule has 0 saturated carbocycles. The molecule has 6 heteroatoms. The third-order valence-electron chi connectivity index (χ3n) is 5.54. The van der Waals surface area contributed by atoms with Crippen LogP contribution in [0.25, 0.3) is 5.57 Å². The van der Waals surface area contributed by atoms with Gasteiger partial charge in [0.15, 0.2) is 5.78 Å². The first-order chi connectivity index (χ1) is 13.8. The lowest BCUT2D eigenvalue weighted by Crippen LogP contribution is -2.20. The number of fused-ring (bicyclic) bond motifs is 2. The summed E-state index contributed by atoms with van der Waals surface area (Å²) < 4.78 is 44.2. The number of carbonyl (C=O) groups excluding carboxylic acids is 1. The van der Waals surface area contributed by atoms with E-state index in [4.69, 9.17) is 4.74 Å². The number of carbonyl (C=O) groups is 1. The number of rotatable bonds is 3. The van der Waals surface area contributed by atoms with Crippen molar-refractivity contribution in [3.8, 4) is 5.75 Å². The molecule has 29 heavy (non-hydrogen) atoms. The number of ketones is 1. The number of hydrogen-bond donors (Lipinski definition) is 1. The molecule has 1 aliphatic carbocycles. The lowest BCUT2D eigenvalue weighted by molar-refractivity contribution is -0.137. The van der Waals surface area contributed by atoms with Crippen LogP contribution < -0.4 is 4.74 Å². The SMILES string of the molecule is O=C(/C=C1\CCOc2cc(C(F)(F)F)ccc21)Cc1cccc2c1CC(O)CC2. The number of aryl methyl sites for hydroxylation is 1. The van der Waals surface area contributed by atoms with Crippen LogP contribution in [0.15, 0.2) is 42.5 Å². The van der Waals surface area contributed by atoms with Crippen LogP contribution in [0.1, 0.15) is 40.7 Å². The summed E-state index contributed by atoms with van der Waals surface area (Å²) in [4.78, 5) is 12.7. The first-order valence-corrected chi connectivity index (χ1v) is 9.67. The minimum Gasteiger partial charge on any atom is -0.493 e. The van der Waals surface area contributed by atoms with Crippen LogP contribution in [0.4, 0.5) is 13.2 Å². The van der Waals surface area contributed by atoms with E-state index in [1.807, 2.05) is 18.2 Å². The van der Waals surface area contributed by atoms with Gasteiger partial charge in [0.2, 0.25) is 0 Å². The van der Waals surface area contributed by atoms with E-state index in [-0.39, 0.29) is 30.7 Å². The molecule has 3 nitrogen and oxygen atoms in total. The van der Waals surface area contributed by atoms with Crippen molar-refractivity contribution in [2.45, 2.75) is 44.4 Å². The van der Waals surface area contributed by atoms with Crippen molar-refractivity contribution in [1.29, 1.82) is 0 Å². The van der Waals surface area contributed by atoms with Crippen LogP contribution >= 0.6 is 0 Å².